The van der Waals surface area contributed by atoms with Gasteiger partial charge in [-0.15, -0.1) is 0 Å². The van der Waals surface area contributed by atoms with Crippen molar-refractivity contribution < 1.29 is 28.2 Å². The molecule has 0 aromatic heterocycles. The minimum Gasteiger partial charge on any atom is -0.486 e. The summed E-state index contributed by atoms with van der Waals surface area (Å²) in [4.78, 5) is 10.6. The Morgan fingerprint density at radius 3 is 2.52 bits per heavy atom. The third-order valence-corrected chi connectivity index (χ3v) is 3.47. The van der Waals surface area contributed by atoms with Gasteiger partial charge in [0.05, 0.1) is 5.02 Å². The number of hydrogen-bond donors (Lipinski definition) is 1. The molecule has 1 aliphatic rings. The van der Waals surface area contributed by atoms with Crippen LogP contribution in [0.25, 0.3) is 0 Å². The summed E-state index contributed by atoms with van der Waals surface area (Å²) in [6, 6.07) is 2.48. The van der Waals surface area contributed by atoms with Gasteiger partial charge in [0.1, 0.15) is 13.2 Å². The van der Waals surface area contributed by atoms with Crippen molar-refractivity contribution in [1.29, 1.82) is 0 Å². The predicted molar refractivity (Wildman–Crippen MR) is 72.4 cm³/mol. The van der Waals surface area contributed by atoms with E-state index in [0.717, 1.165) is 0 Å². The normalized spacial score (nSPS) is 15.6. The first kappa shape index (κ1) is 15.8. The topological polar surface area (TPSA) is 55.8 Å². The lowest BCUT2D eigenvalue weighted by Crippen LogP contribution is -2.21. The number of carboxylic acids is 1. The summed E-state index contributed by atoms with van der Waals surface area (Å²) in [6.45, 7) is 2.09. The second-order valence-electron chi connectivity index (χ2n) is 5.09. The first-order valence-corrected chi connectivity index (χ1v) is 6.86. The number of rotatable bonds is 5. The second kappa shape index (κ2) is 6.05. The number of carbonyl (C=O) groups is 1. The van der Waals surface area contributed by atoms with E-state index >= 15 is 0 Å². The molecule has 21 heavy (non-hydrogen) atoms. The van der Waals surface area contributed by atoms with Crippen LogP contribution in [-0.4, -0.2) is 24.3 Å². The molecule has 0 bridgehead atoms. The summed E-state index contributed by atoms with van der Waals surface area (Å²) >= 11 is 5.90. The number of aliphatic carboxylic acids is 1. The van der Waals surface area contributed by atoms with Crippen molar-refractivity contribution in [3.63, 3.8) is 0 Å². The molecule has 0 aliphatic carbocycles. The van der Waals surface area contributed by atoms with E-state index in [0.29, 0.717) is 12.4 Å². The van der Waals surface area contributed by atoms with Gasteiger partial charge in [-0.2, -0.15) is 0 Å². The van der Waals surface area contributed by atoms with Crippen LogP contribution in [0.5, 0.6) is 11.5 Å². The predicted octanol–water partition coefficient (Wildman–Crippen LogP) is 3.70. The molecule has 1 heterocycles. The number of alkyl halides is 2. The second-order valence-corrected chi connectivity index (χ2v) is 5.49. The zero-order valence-electron chi connectivity index (χ0n) is 11.4. The molecular formula is C14H15ClF2O4. The highest BCUT2D eigenvalue weighted by Crippen LogP contribution is 2.44. The molecule has 0 saturated carbocycles. The largest absolute Gasteiger partial charge is 0.486 e. The molecule has 0 fully saturated rings. The van der Waals surface area contributed by atoms with Crippen LogP contribution in [0.4, 0.5) is 8.78 Å². The fourth-order valence-electron chi connectivity index (χ4n) is 2.26. The summed E-state index contributed by atoms with van der Waals surface area (Å²) < 4.78 is 39.2. The van der Waals surface area contributed by atoms with Gasteiger partial charge >= 0.3 is 5.97 Å². The molecule has 0 saturated heterocycles. The maximum atomic E-state index is 14.3. The molecule has 0 spiro atoms. The Morgan fingerprint density at radius 1 is 1.38 bits per heavy atom. The van der Waals surface area contributed by atoms with Crippen molar-refractivity contribution in [2.24, 2.45) is 5.92 Å². The van der Waals surface area contributed by atoms with E-state index < -0.39 is 24.2 Å². The summed E-state index contributed by atoms with van der Waals surface area (Å²) in [5, 5.41) is 8.54. The number of ether oxygens (including phenoxy) is 2. The molecule has 1 aromatic carbocycles. The van der Waals surface area contributed by atoms with Gasteiger partial charge in [-0.05, 0) is 12.0 Å². The number of carboxylic acid groups (broad SMARTS) is 1. The van der Waals surface area contributed by atoms with Gasteiger partial charge in [-0.1, -0.05) is 18.5 Å². The van der Waals surface area contributed by atoms with E-state index in [1.54, 1.807) is 0 Å². The van der Waals surface area contributed by atoms with E-state index in [2.05, 4.69) is 0 Å². The van der Waals surface area contributed by atoms with Crippen LogP contribution < -0.4 is 9.47 Å². The van der Waals surface area contributed by atoms with Crippen molar-refractivity contribution in [3.05, 3.63) is 22.7 Å². The zero-order chi connectivity index (χ0) is 15.6. The van der Waals surface area contributed by atoms with Gasteiger partial charge in [0.2, 0.25) is 0 Å². The Labute approximate surface area is 125 Å². The van der Waals surface area contributed by atoms with E-state index in [9.17, 15) is 13.6 Å². The standard InChI is InChI=1S/C14H15ClF2O4/c1-8(4-13(18)19)7-14(16,17)9-5-11-12(6-10(9)15)21-3-2-20-11/h5-6,8H,2-4,7H2,1H3,(H,18,19). The van der Waals surface area contributed by atoms with Crippen molar-refractivity contribution in [1.82, 2.24) is 0 Å². The van der Waals surface area contributed by atoms with Gasteiger partial charge in [-0.3, -0.25) is 4.79 Å². The van der Waals surface area contributed by atoms with Gasteiger partial charge in [0, 0.05) is 24.5 Å². The van der Waals surface area contributed by atoms with Crippen LogP contribution >= 0.6 is 11.6 Å². The molecule has 1 unspecified atom stereocenters. The van der Waals surface area contributed by atoms with Crippen molar-refractivity contribution in [2.45, 2.75) is 25.7 Å². The van der Waals surface area contributed by atoms with Gasteiger partial charge in [-0.25, -0.2) is 8.78 Å². The number of fused-ring (bicyclic) bond motifs is 1. The Hall–Kier alpha value is -1.56. The quantitative estimate of drug-likeness (QED) is 0.898. The maximum absolute atomic E-state index is 14.3. The molecule has 0 amide bonds. The number of hydrogen-bond acceptors (Lipinski definition) is 3. The lowest BCUT2D eigenvalue weighted by molar-refractivity contribution is -0.138. The molecule has 1 aromatic rings. The third kappa shape index (κ3) is 3.75. The lowest BCUT2D eigenvalue weighted by atomic mass is 9.94. The van der Waals surface area contributed by atoms with Crippen molar-refractivity contribution in [2.75, 3.05) is 13.2 Å². The maximum Gasteiger partial charge on any atom is 0.303 e. The Balaban J connectivity index is 2.24. The minimum atomic E-state index is -3.23. The molecule has 2 rings (SSSR count). The van der Waals surface area contributed by atoms with Crippen molar-refractivity contribution >= 4 is 17.6 Å². The van der Waals surface area contributed by atoms with E-state index in [1.165, 1.54) is 19.1 Å². The van der Waals surface area contributed by atoms with Crippen LogP contribution in [0.1, 0.15) is 25.3 Å². The average molecular weight is 321 g/mol. The van der Waals surface area contributed by atoms with Crippen LogP contribution in [-0.2, 0) is 10.7 Å². The molecular weight excluding hydrogens is 306 g/mol. The zero-order valence-corrected chi connectivity index (χ0v) is 12.1. The SMILES string of the molecule is CC(CC(=O)O)CC(F)(F)c1cc2c(cc1Cl)OCCO2. The molecule has 1 aliphatic heterocycles. The van der Waals surface area contributed by atoms with E-state index in [4.69, 9.17) is 26.2 Å². The fraction of sp³-hybridized carbons (Fsp3) is 0.500. The average Bonchev–Trinajstić information content (AvgIpc) is 2.35. The van der Waals surface area contributed by atoms with Crippen molar-refractivity contribution in [3.8, 4) is 11.5 Å². The smallest absolute Gasteiger partial charge is 0.303 e. The van der Waals surface area contributed by atoms with Gasteiger partial charge in [0.15, 0.2) is 11.5 Å². The third-order valence-electron chi connectivity index (χ3n) is 3.15. The molecule has 1 atom stereocenters. The van der Waals surface area contributed by atoms with Crippen LogP contribution in [0.2, 0.25) is 5.02 Å². The van der Waals surface area contributed by atoms with Gasteiger partial charge in [0.25, 0.3) is 5.92 Å². The summed E-state index contributed by atoms with van der Waals surface area (Å²) in [5.74, 6) is -4.45. The highest BCUT2D eigenvalue weighted by Gasteiger charge is 2.37. The van der Waals surface area contributed by atoms with Crippen LogP contribution in [0, 0.1) is 5.92 Å². The fourth-order valence-corrected chi connectivity index (χ4v) is 2.55. The highest BCUT2D eigenvalue weighted by atomic mass is 35.5. The Morgan fingerprint density at radius 2 is 1.95 bits per heavy atom. The first-order valence-electron chi connectivity index (χ1n) is 6.49. The number of benzene rings is 1. The van der Waals surface area contributed by atoms with E-state index in [1.807, 2.05) is 0 Å². The number of halogens is 3. The molecule has 116 valence electrons. The Bertz CT molecular complexity index is 548. The molecule has 1 N–H and O–H groups in total. The van der Waals surface area contributed by atoms with E-state index in [-0.39, 0.29) is 29.4 Å². The monoisotopic (exact) mass is 320 g/mol. The summed E-state index contributed by atoms with van der Waals surface area (Å²) in [6.07, 6.45) is -0.920. The molecule has 4 nitrogen and oxygen atoms in total. The van der Waals surface area contributed by atoms with Gasteiger partial charge < -0.3 is 14.6 Å². The summed E-state index contributed by atoms with van der Waals surface area (Å²) in [5.41, 5.74) is -0.370. The summed E-state index contributed by atoms with van der Waals surface area (Å²) in [7, 11) is 0. The molecule has 0 radical (unpaired) electrons. The first-order chi connectivity index (χ1) is 9.79. The van der Waals surface area contributed by atoms with Crippen LogP contribution in [0.15, 0.2) is 12.1 Å². The highest BCUT2D eigenvalue weighted by molar-refractivity contribution is 6.31. The lowest BCUT2D eigenvalue weighted by Gasteiger charge is -2.24. The minimum absolute atomic E-state index is 0.119. The molecule has 7 heteroatoms. The Kier molecular flexibility index (Phi) is 4.56. The van der Waals surface area contributed by atoms with Crippen LogP contribution in [0.3, 0.4) is 0 Å².